The number of allylic oxidation sites excluding steroid dienone is 3. The number of hydrogen-bond donors (Lipinski definition) is 4. The van der Waals surface area contributed by atoms with E-state index in [0.29, 0.717) is 6.42 Å². The van der Waals surface area contributed by atoms with Crippen molar-refractivity contribution in [3.05, 3.63) is 59.7 Å². The number of Topliss-reactive ketones (excluding diaryl/α,β-unsaturated/α-hetero) is 1. The molecular formula is C19H22O6. The van der Waals surface area contributed by atoms with E-state index >= 15 is 0 Å². The highest BCUT2D eigenvalue weighted by Gasteiger charge is 2.46. The van der Waals surface area contributed by atoms with Crippen LogP contribution in [-0.2, 0) is 16.0 Å². The predicted octanol–water partition coefficient (Wildman–Crippen LogP) is -0.247. The largest absolute Gasteiger partial charge is 0.394 e. The van der Waals surface area contributed by atoms with Crippen LogP contribution in [-0.4, -0.2) is 63.3 Å². The number of carbonyl (C=O) groups excluding carboxylic acids is 1. The summed E-state index contributed by atoms with van der Waals surface area (Å²) in [7, 11) is 0. The molecule has 0 aromatic heterocycles. The summed E-state index contributed by atoms with van der Waals surface area (Å²) in [5, 5.41) is 39.3. The van der Waals surface area contributed by atoms with Crippen LogP contribution in [0.4, 0.5) is 0 Å². The van der Waals surface area contributed by atoms with Gasteiger partial charge >= 0.3 is 0 Å². The van der Waals surface area contributed by atoms with Crippen molar-refractivity contribution in [3.63, 3.8) is 0 Å². The smallest absolute Gasteiger partial charge is 0.168 e. The summed E-state index contributed by atoms with van der Waals surface area (Å²) in [5.41, 5.74) is 1.25. The minimum atomic E-state index is -1.50. The maximum atomic E-state index is 12.8. The Morgan fingerprint density at radius 2 is 1.72 bits per heavy atom. The lowest BCUT2D eigenvalue weighted by Gasteiger charge is -2.41. The van der Waals surface area contributed by atoms with Gasteiger partial charge in [-0.05, 0) is 12.0 Å². The van der Waals surface area contributed by atoms with Crippen molar-refractivity contribution in [2.24, 2.45) is 5.92 Å². The van der Waals surface area contributed by atoms with E-state index in [-0.39, 0.29) is 11.4 Å². The van der Waals surface area contributed by atoms with E-state index in [1.807, 2.05) is 30.3 Å². The van der Waals surface area contributed by atoms with Gasteiger partial charge < -0.3 is 25.2 Å². The molecule has 1 aromatic carbocycles. The van der Waals surface area contributed by atoms with Gasteiger partial charge in [-0.3, -0.25) is 4.79 Å². The van der Waals surface area contributed by atoms with Crippen LogP contribution in [0.25, 0.3) is 0 Å². The number of ether oxygens (including phenoxy) is 1. The standard InChI is InChI=1S/C19H22O6/c20-10-14-16(22)17(23)18(24)19(25-14)13-8-4-7-12(15(13)21)9-11-5-2-1-3-6-11/h1-8,12,14,16-20,22-24H,9-10H2/t12?,14-,16-,17+,18-,19?/m1/s1. The molecule has 0 bridgehead atoms. The van der Waals surface area contributed by atoms with E-state index in [2.05, 4.69) is 0 Å². The van der Waals surface area contributed by atoms with E-state index < -0.39 is 43.0 Å². The Bertz CT molecular complexity index is 666. The minimum Gasteiger partial charge on any atom is -0.394 e. The van der Waals surface area contributed by atoms with Crippen molar-refractivity contribution in [3.8, 4) is 0 Å². The van der Waals surface area contributed by atoms with Crippen LogP contribution in [0.15, 0.2) is 54.1 Å². The number of rotatable bonds is 4. The van der Waals surface area contributed by atoms with Gasteiger partial charge in [-0.1, -0.05) is 48.6 Å². The van der Waals surface area contributed by atoms with Crippen molar-refractivity contribution in [1.29, 1.82) is 0 Å². The summed E-state index contributed by atoms with van der Waals surface area (Å²) in [4.78, 5) is 12.8. The second-order valence-corrected chi connectivity index (χ2v) is 6.42. The second kappa shape index (κ2) is 7.59. The van der Waals surface area contributed by atoms with Gasteiger partial charge in [-0.15, -0.1) is 0 Å². The zero-order chi connectivity index (χ0) is 18.0. The molecule has 25 heavy (non-hydrogen) atoms. The van der Waals surface area contributed by atoms with Crippen LogP contribution in [0.1, 0.15) is 5.56 Å². The number of aliphatic hydroxyl groups is 4. The Morgan fingerprint density at radius 1 is 1.00 bits per heavy atom. The fourth-order valence-electron chi connectivity index (χ4n) is 3.30. The number of aliphatic hydroxyl groups excluding tert-OH is 4. The first-order chi connectivity index (χ1) is 12.0. The summed E-state index contributed by atoms with van der Waals surface area (Å²) < 4.78 is 5.51. The van der Waals surface area contributed by atoms with Gasteiger partial charge in [0.2, 0.25) is 0 Å². The summed E-state index contributed by atoms with van der Waals surface area (Å²) in [6, 6.07) is 9.59. The van der Waals surface area contributed by atoms with E-state index in [1.165, 1.54) is 0 Å². The number of benzene rings is 1. The fourth-order valence-corrected chi connectivity index (χ4v) is 3.30. The highest BCUT2D eigenvalue weighted by atomic mass is 16.5. The summed E-state index contributed by atoms with van der Waals surface area (Å²) in [6.45, 7) is -0.522. The first-order valence-corrected chi connectivity index (χ1v) is 8.30. The van der Waals surface area contributed by atoms with E-state index in [0.717, 1.165) is 5.56 Å². The topological polar surface area (TPSA) is 107 Å². The first-order valence-electron chi connectivity index (χ1n) is 8.30. The maximum Gasteiger partial charge on any atom is 0.168 e. The normalized spacial score (nSPS) is 35.5. The lowest BCUT2D eigenvalue weighted by molar-refractivity contribution is -0.219. The fraction of sp³-hybridized carbons (Fsp3) is 0.421. The summed E-state index contributed by atoms with van der Waals surface area (Å²) in [6.07, 6.45) is -0.913. The van der Waals surface area contributed by atoms with Crippen molar-refractivity contribution < 1.29 is 30.0 Å². The second-order valence-electron chi connectivity index (χ2n) is 6.42. The van der Waals surface area contributed by atoms with E-state index in [9.17, 15) is 25.2 Å². The molecule has 1 fully saturated rings. The van der Waals surface area contributed by atoms with Crippen LogP contribution in [0.5, 0.6) is 0 Å². The van der Waals surface area contributed by atoms with Gasteiger partial charge in [0.05, 0.1) is 6.61 Å². The molecule has 1 heterocycles. The lowest BCUT2D eigenvalue weighted by Crippen LogP contribution is -2.59. The van der Waals surface area contributed by atoms with Crippen LogP contribution in [0, 0.1) is 5.92 Å². The zero-order valence-electron chi connectivity index (χ0n) is 13.6. The molecule has 1 aromatic rings. The first kappa shape index (κ1) is 18.0. The highest BCUT2D eigenvalue weighted by Crippen LogP contribution is 2.30. The molecule has 1 saturated heterocycles. The molecule has 0 amide bonds. The Kier molecular flexibility index (Phi) is 5.46. The Labute approximate surface area is 145 Å². The molecule has 6 heteroatoms. The molecule has 0 spiro atoms. The third kappa shape index (κ3) is 3.58. The SMILES string of the molecule is O=C1C(C2O[C@H](CO)[C@@H](O)[C@H](O)[C@H]2O)=CC=CC1Cc1ccccc1. The van der Waals surface area contributed by atoms with E-state index in [1.54, 1.807) is 18.2 Å². The van der Waals surface area contributed by atoms with Crippen molar-refractivity contribution in [2.75, 3.05) is 6.61 Å². The molecular weight excluding hydrogens is 324 g/mol. The summed E-state index contributed by atoms with van der Waals surface area (Å²) in [5.74, 6) is -0.592. The maximum absolute atomic E-state index is 12.8. The molecule has 1 aliphatic heterocycles. The quantitative estimate of drug-likeness (QED) is 0.599. The number of hydrogen-bond acceptors (Lipinski definition) is 6. The summed E-state index contributed by atoms with van der Waals surface area (Å²) >= 11 is 0. The average molecular weight is 346 g/mol. The van der Waals surface area contributed by atoms with Crippen molar-refractivity contribution in [1.82, 2.24) is 0 Å². The van der Waals surface area contributed by atoms with Crippen molar-refractivity contribution >= 4 is 5.78 Å². The molecule has 2 aliphatic rings. The Hall–Kier alpha value is -1.83. The molecule has 134 valence electrons. The lowest BCUT2D eigenvalue weighted by atomic mass is 9.82. The van der Waals surface area contributed by atoms with Gasteiger partial charge in [-0.25, -0.2) is 0 Å². The van der Waals surface area contributed by atoms with Gasteiger partial charge in [0.25, 0.3) is 0 Å². The van der Waals surface area contributed by atoms with Crippen molar-refractivity contribution in [2.45, 2.75) is 36.9 Å². The van der Waals surface area contributed by atoms with Gasteiger partial charge in [-0.2, -0.15) is 0 Å². The van der Waals surface area contributed by atoms with Gasteiger partial charge in [0.15, 0.2) is 5.78 Å². The van der Waals surface area contributed by atoms with Crippen LogP contribution in [0.3, 0.4) is 0 Å². The monoisotopic (exact) mass is 346 g/mol. The molecule has 0 saturated carbocycles. The average Bonchev–Trinajstić information content (AvgIpc) is 2.63. The van der Waals surface area contributed by atoms with E-state index in [4.69, 9.17) is 4.74 Å². The predicted molar refractivity (Wildman–Crippen MR) is 89.6 cm³/mol. The molecule has 2 unspecified atom stereocenters. The van der Waals surface area contributed by atoms with Crippen LogP contribution < -0.4 is 0 Å². The van der Waals surface area contributed by atoms with Crippen LogP contribution in [0.2, 0.25) is 0 Å². The minimum absolute atomic E-state index is 0.198. The van der Waals surface area contributed by atoms with Gasteiger partial charge in [0.1, 0.15) is 30.5 Å². The molecule has 1 aliphatic carbocycles. The third-order valence-electron chi connectivity index (χ3n) is 4.74. The van der Waals surface area contributed by atoms with Crippen LogP contribution >= 0.6 is 0 Å². The third-order valence-corrected chi connectivity index (χ3v) is 4.74. The Balaban J connectivity index is 1.79. The molecule has 6 nitrogen and oxygen atoms in total. The molecule has 6 atom stereocenters. The Morgan fingerprint density at radius 3 is 2.40 bits per heavy atom. The van der Waals surface area contributed by atoms with Gasteiger partial charge in [0, 0.05) is 11.5 Å². The zero-order valence-corrected chi connectivity index (χ0v) is 13.6. The molecule has 4 N–H and O–H groups in total. The molecule has 0 radical (unpaired) electrons. The number of carbonyl (C=O) groups is 1. The highest BCUT2D eigenvalue weighted by molar-refractivity contribution is 6.00. The molecule has 3 rings (SSSR count). The number of ketones is 1.